The van der Waals surface area contributed by atoms with E-state index in [1.807, 2.05) is 24.3 Å². The number of carbonyl (C=O) groups excluding carboxylic acids is 3. The number of benzene rings is 2. The normalized spacial score (nSPS) is 21.5. The van der Waals surface area contributed by atoms with Crippen LogP contribution < -0.4 is 10.1 Å². The van der Waals surface area contributed by atoms with Crippen LogP contribution in [0.15, 0.2) is 36.4 Å². The van der Waals surface area contributed by atoms with Gasteiger partial charge in [0.05, 0.1) is 7.11 Å². The first-order valence-corrected chi connectivity index (χ1v) is 11.8. The van der Waals surface area contributed by atoms with Crippen molar-refractivity contribution < 1.29 is 23.5 Å². The lowest BCUT2D eigenvalue weighted by Gasteiger charge is -2.32. The lowest BCUT2D eigenvalue weighted by molar-refractivity contribution is -0.136. The fourth-order valence-electron chi connectivity index (χ4n) is 5.40. The second-order valence-corrected chi connectivity index (χ2v) is 9.29. The highest BCUT2D eigenvalue weighted by Gasteiger charge is 2.40. The number of halogens is 1. The molecule has 0 radical (unpaired) electrons. The molecule has 3 aliphatic heterocycles. The molecule has 2 aromatic carbocycles. The minimum atomic E-state index is -0.692. The molecule has 3 amide bonds. The minimum Gasteiger partial charge on any atom is -0.496 e. The van der Waals surface area contributed by atoms with Gasteiger partial charge in [-0.2, -0.15) is 0 Å². The molecule has 1 unspecified atom stereocenters. The molecular formula is C26H28FN3O4. The van der Waals surface area contributed by atoms with Gasteiger partial charge >= 0.3 is 0 Å². The second-order valence-electron chi connectivity index (χ2n) is 9.29. The number of nitrogens with one attached hydrogen (secondary N) is 1. The van der Waals surface area contributed by atoms with Crippen LogP contribution in [0.1, 0.15) is 58.6 Å². The molecule has 2 aromatic rings. The predicted molar refractivity (Wildman–Crippen MR) is 123 cm³/mol. The van der Waals surface area contributed by atoms with Gasteiger partial charge in [0.1, 0.15) is 17.6 Å². The number of likely N-dealkylation sites (tertiary alicyclic amines) is 1. The van der Waals surface area contributed by atoms with Crippen LogP contribution in [0, 0.1) is 5.82 Å². The van der Waals surface area contributed by atoms with Gasteiger partial charge < -0.3 is 9.64 Å². The van der Waals surface area contributed by atoms with Crippen molar-refractivity contribution in [1.29, 1.82) is 0 Å². The molecule has 2 saturated heterocycles. The Morgan fingerprint density at radius 3 is 2.59 bits per heavy atom. The molecule has 0 aromatic heterocycles. The van der Waals surface area contributed by atoms with E-state index in [4.69, 9.17) is 4.74 Å². The average Bonchev–Trinajstić information content (AvgIpc) is 3.14. The van der Waals surface area contributed by atoms with Gasteiger partial charge in [-0.25, -0.2) is 4.39 Å². The third kappa shape index (κ3) is 4.18. The van der Waals surface area contributed by atoms with E-state index in [-0.39, 0.29) is 36.5 Å². The molecule has 34 heavy (non-hydrogen) atoms. The Labute approximate surface area is 197 Å². The van der Waals surface area contributed by atoms with Crippen molar-refractivity contribution >= 4 is 17.7 Å². The monoisotopic (exact) mass is 465 g/mol. The summed E-state index contributed by atoms with van der Waals surface area (Å²) in [5, 5.41) is 2.30. The van der Waals surface area contributed by atoms with Gasteiger partial charge in [0.2, 0.25) is 11.8 Å². The number of nitrogens with zero attached hydrogens (tertiary/aromatic N) is 2. The van der Waals surface area contributed by atoms with Gasteiger partial charge in [0.25, 0.3) is 5.91 Å². The molecule has 7 nitrogen and oxygen atoms in total. The Bertz CT molecular complexity index is 1140. The maximum atomic E-state index is 15.1. The average molecular weight is 466 g/mol. The number of para-hydroxylation sites is 1. The van der Waals surface area contributed by atoms with Crippen molar-refractivity contribution in [2.45, 2.75) is 50.7 Å². The van der Waals surface area contributed by atoms with Gasteiger partial charge in [-0.15, -0.1) is 0 Å². The van der Waals surface area contributed by atoms with E-state index in [1.165, 1.54) is 11.0 Å². The summed E-state index contributed by atoms with van der Waals surface area (Å²) in [5.74, 6) is -0.531. The largest absolute Gasteiger partial charge is 0.496 e. The molecular weight excluding hydrogens is 437 g/mol. The van der Waals surface area contributed by atoms with Crippen molar-refractivity contribution in [3.05, 3.63) is 64.5 Å². The number of hydrogen-bond acceptors (Lipinski definition) is 5. The zero-order valence-corrected chi connectivity index (χ0v) is 19.2. The number of carbonyl (C=O) groups is 3. The molecule has 5 rings (SSSR count). The minimum absolute atomic E-state index is 0.0824. The Kier molecular flexibility index (Phi) is 6.08. The Morgan fingerprint density at radius 1 is 1.09 bits per heavy atom. The quantitative estimate of drug-likeness (QED) is 0.687. The zero-order chi connectivity index (χ0) is 23.8. The van der Waals surface area contributed by atoms with Gasteiger partial charge in [0.15, 0.2) is 0 Å². The fraction of sp³-hybridized carbons (Fsp3) is 0.423. The van der Waals surface area contributed by atoms with E-state index in [0.29, 0.717) is 17.5 Å². The van der Waals surface area contributed by atoms with Crippen molar-refractivity contribution in [2.24, 2.45) is 0 Å². The number of fused-ring (bicyclic) bond motifs is 1. The summed E-state index contributed by atoms with van der Waals surface area (Å²) < 4.78 is 20.6. The molecule has 1 N–H and O–H groups in total. The van der Waals surface area contributed by atoms with Gasteiger partial charge in [-0.3, -0.25) is 24.6 Å². The van der Waals surface area contributed by atoms with Crippen molar-refractivity contribution in [3.8, 4) is 5.75 Å². The van der Waals surface area contributed by atoms with E-state index < -0.39 is 11.9 Å². The SMILES string of the molecule is COc1ccccc1CN1CCC(c2cc3c(cc2F)C(=O)N(C2CCC(=O)NC2=O)C3)CC1. The molecule has 0 bridgehead atoms. The Hall–Kier alpha value is -3.26. The number of methoxy groups -OCH3 is 1. The van der Waals surface area contributed by atoms with Crippen LogP contribution in [0.2, 0.25) is 0 Å². The molecule has 0 spiro atoms. The Balaban J connectivity index is 1.27. The second kappa shape index (κ2) is 9.18. The standard InChI is InChI=1S/C26H28FN3O4/c1-34-23-5-3-2-4-17(23)14-29-10-8-16(9-11-29)19-12-18-15-30(26(33)20(18)13-21(19)27)22-6-7-24(31)28-25(22)32/h2-5,12-13,16,22H,6-11,14-15H2,1H3,(H,28,31,32). The maximum absolute atomic E-state index is 15.1. The van der Waals surface area contributed by atoms with E-state index in [1.54, 1.807) is 7.11 Å². The molecule has 1 atom stereocenters. The van der Waals surface area contributed by atoms with E-state index in [0.717, 1.165) is 49.4 Å². The lowest BCUT2D eigenvalue weighted by Crippen LogP contribution is -2.52. The number of hydrogen-bond donors (Lipinski definition) is 1. The van der Waals surface area contributed by atoms with Crippen LogP contribution in [-0.4, -0.2) is 53.8 Å². The highest BCUT2D eigenvalue weighted by atomic mass is 19.1. The van der Waals surface area contributed by atoms with Crippen LogP contribution >= 0.6 is 0 Å². The summed E-state index contributed by atoms with van der Waals surface area (Å²) in [4.78, 5) is 40.4. The molecule has 3 aliphatic rings. The first-order chi connectivity index (χ1) is 16.4. The number of imide groups is 1. The summed E-state index contributed by atoms with van der Waals surface area (Å²) >= 11 is 0. The summed E-state index contributed by atoms with van der Waals surface area (Å²) in [6.07, 6.45) is 2.15. The van der Waals surface area contributed by atoms with Gasteiger partial charge in [0, 0.05) is 30.6 Å². The van der Waals surface area contributed by atoms with Crippen LogP contribution in [0.3, 0.4) is 0 Å². The Morgan fingerprint density at radius 2 is 1.85 bits per heavy atom. The van der Waals surface area contributed by atoms with Gasteiger partial charge in [-0.05, 0) is 61.5 Å². The van der Waals surface area contributed by atoms with E-state index >= 15 is 4.39 Å². The number of amides is 3. The molecule has 178 valence electrons. The maximum Gasteiger partial charge on any atom is 0.255 e. The molecule has 8 heteroatoms. The molecule has 2 fully saturated rings. The van der Waals surface area contributed by atoms with E-state index in [9.17, 15) is 14.4 Å². The van der Waals surface area contributed by atoms with Crippen LogP contribution in [0.5, 0.6) is 5.75 Å². The summed E-state index contributed by atoms with van der Waals surface area (Å²) in [5.41, 5.74) is 2.86. The summed E-state index contributed by atoms with van der Waals surface area (Å²) in [6, 6.07) is 10.4. The first-order valence-electron chi connectivity index (χ1n) is 11.8. The third-order valence-corrected chi connectivity index (χ3v) is 7.25. The third-order valence-electron chi connectivity index (χ3n) is 7.25. The van der Waals surface area contributed by atoms with Gasteiger partial charge in [-0.1, -0.05) is 24.3 Å². The van der Waals surface area contributed by atoms with Crippen LogP contribution in [0.4, 0.5) is 4.39 Å². The van der Waals surface area contributed by atoms with Crippen LogP contribution in [-0.2, 0) is 22.7 Å². The summed E-state index contributed by atoms with van der Waals surface area (Å²) in [7, 11) is 1.67. The van der Waals surface area contributed by atoms with Crippen molar-refractivity contribution in [2.75, 3.05) is 20.2 Å². The number of piperidine rings is 2. The van der Waals surface area contributed by atoms with Crippen LogP contribution in [0.25, 0.3) is 0 Å². The highest BCUT2D eigenvalue weighted by Crippen LogP contribution is 2.36. The highest BCUT2D eigenvalue weighted by molar-refractivity contribution is 6.05. The molecule has 0 aliphatic carbocycles. The predicted octanol–water partition coefficient (Wildman–Crippen LogP) is 2.97. The van der Waals surface area contributed by atoms with Crippen molar-refractivity contribution in [1.82, 2.24) is 15.1 Å². The lowest BCUT2D eigenvalue weighted by atomic mass is 9.87. The zero-order valence-electron chi connectivity index (χ0n) is 19.2. The number of ether oxygens (including phenoxy) is 1. The molecule has 0 saturated carbocycles. The molecule has 3 heterocycles. The fourth-order valence-corrected chi connectivity index (χ4v) is 5.40. The summed E-state index contributed by atoms with van der Waals surface area (Å²) in [6.45, 7) is 2.75. The topological polar surface area (TPSA) is 79.0 Å². The van der Waals surface area contributed by atoms with E-state index in [2.05, 4.69) is 16.3 Å². The van der Waals surface area contributed by atoms with Crippen molar-refractivity contribution in [3.63, 3.8) is 0 Å². The number of rotatable bonds is 5. The first kappa shape index (κ1) is 22.5. The smallest absolute Gasteiger partial charge is 0.255 e.